The maximum absolute atomic E-state index is 4.81. The third-order valence-corrected chi connectivity index (χ3v) is 5.93. The monoisotopic (exact) mass is 559 g/mol. The lowest BCUT2D eigenvalue weighted by Crippen LogP contribution is -2.46. The molecule has 0 aromatic carbocycles. The number of pyridine rings is 1. The Morgan fingerprint density at radius 3 is 2.38 bits per heavy atom. The Kier molecular flexibility index (Phi) is 14.1. The van der Waals surface area contributed by atoms with Crippen LogP contribution in [-0.4, -0.2) is 85.2 Å². The first kappa shape index (κ1) is 28.9. The maximum Gasteiger partial charge on any atom is 0.191 e. The van der Waals surface area contributed by atoms with Crippen LogP contribution in [0.15, 0.2) is 23.3 Å². The molecule has 0 aliphatic carbocycles. The molecule has 2 N–H and O–H groups in total. The van der Waals surface area contributed by atoms with Gasteiger partial charge in [0.1, 0.15) is 5.82 Å². The first-order valence-corrected chi connectivity index (χ1v) is 12.1. The Hall–Kier alpha value is -1.13. The molecule has 0 radical (unpaired) electrons. The first-order valence-electron chi connectivity index (χ1n) is 12.1. The Labute approximate surface area is 213 Å². The molecule has 1 aliphatic heterocycles. The maximum atomic E-state index is 4.81. The second-order valence-electron chi connectivity index (χ2n) is 8.84. The second-order valence-corrected chi connectivity index (χ2v) is 8.84. The van der Waals surface area contributed by atoms with Crippen LogP contribution in [0.4, 0.5) is 5.82 Å². The summed E-state index contributed by atoms with van der Waals surface area (Å²) in [7, 11) is 0. The minimum Gasteiger partial charge on any atom is -0.357 e. The van der Waals surface area contributed by atoms with Crippen molar-refractivity contribution in [3.8, 4) is 0 Å². The van der Waals surface area contributed by atoms with Crippen molar-refractivity contribution in [3.63, 3.8) is 0 Å². The van der Waals surface area contributed by atoms with Gasteiger partial charge in [0, 0.05) is 64.1 Å². The van der Waals surface area contributed by atoms with E-state index in [2.05, 4.69) is 84.0 Å². The number of rotatable bonds is 11. The number of nitrogens with one attached hydrogen (secondary N) is 2. The molecule has 1 saturated heterocycles. The molecule has 8 heteroatoms. The standard InChI is InChI=1S/C24H45N7.HI/c1-7-25-24(27-11-9-13-31(20(3)4)21(5)6)28-19-22-10-12-26-23(18-22)30-16-14-29(8-2)15-17-30;/h10,12,18,20-21H,7-9,11,13-17,19H2,1-6H3,(H2,25,27,28);1H. The van der Waals surface area contributed by atoms with Gasteiger partial charge in [0.2, 0.25) is 0 Å². The van der Waals surface area contributed by atoms with Crippen molar-refractivity contribution in [2.24, 2.45) is 4.99 Å². The number of piperazine rings is 1. The summed E-state index contributed by atoms with van der Waals surface area (Å²) in [5, 5.41) is 6.86. The van der Waals surface area contributed by atoms with Crippen LogP contribution in [0.1, 0.15) is 53.5 Å². The normalized spacial score (nSPS) is 15.4. The third kappa shape index (κ3) is 9.79. The highest BCUT2D eigenvalue weighted by Gasteiger charge is 2.17. The number of nitrogens with zero attached hydrogens (tertiary/aromatic N) is 5. The molecule has 0 saturated carbocycles. The van der Waals surface area contributed by atoms with Gasteiger partial charge >= 0.3 is 0 Å². The van der Waals surface area contributed by atoms with Crippen molar-refractivity contribution in [2.45, 2.75) is 66.6 Å². The number of aromatic nitrogens is 1. The highest BCUT2D eigenvalue weighted by Crippen LogP contribution is 2.15. The quantitative estimate of drug-likeness (QED) is 0.188. The fourth-order valence-corrected chi connectivity index (χ4v) is 4.12. The molecule has 7 nitrogen and oxygen atoms in total. The van der Waals surface area contributed by atoms with Gasteiger partial charge in [0.05, 0.1) is 6.54 Å². The molecule has 1 aromatic rings. The van der Waals surface area contributed by atoms with Gasteiger partial charge in [-0.3, -0.25) is 4.90 Å². The van der Waals surface area contributed by atoms with E-state index in [0.717, 1.165) is 70.6 Å². The van der Waals surface area contributed by atoms with E-state index in [1.54, 1.807) is 0 Å². The summed E-state index contributed by atoms with van der Waals surface area (Å²) >= 11 is 0. The van der Waals surface area contributed by atoms with Crippen LogP contribution >= 0.6 is 24.0 Å². The predicted molar refractivity (Wildman–Crippen MR) is 148 cm³/mol. The van der Waals surface area contributed by atoms with Crippen LogP contribution in [0.2, 0.25) is 0 Å². The van der Waals surface area contributed by atoms with E-state index in [1.165, 1.54) is 5.56 Å². The Balaban J connectivity index is 0.00000512. The number of hydrogen-bond acceptors (Lipinski definition) is 5. The zero-order valence-electron chi connectivity index (χ0n) is 21.1. The number of hydrogen-bond donors (Lipinski definition) is 2. The van der Waals surface area contributed by atoms with Crippen LogP contribution in [0.5, 0.6) is 0 Å². The Morgan fingerprint density at radius 1 is 1.09 bits per heavy atom. The molecular weight excluding hydrogens is 513 g/mol. The predicted octanol–water partition coefficient (Wildman–Crippen LogP) is 3.41. The fraction of sp³-hybridized carbons (Fsp3) is 0.750. The van der Waals surface area contributed by atoms with E-state index in [1.807, 2.05) is 6.20 Å². The van der Waals surface area contributed by atoms with Crippen molar-refractivity contribution < 1.29 is 0 Å². The van der Waals surface area contributed by atoms with Crippen LogP contribution in [0.3, 0.4) is 0 Å². The lowest BCUT2D eigenvalue weighted by atomic mass is 10.2. The molecule has 32 heavy (non-hydrogen) atoms. The molecule has 0 spiro atoms. The molecular formula is C24H46IN7. The molecule has 2 rings (SSSR count). The summed E-state index contributed by atoms with van der Waals surface area (Å²) in [6.45, 7) is 22.4. The van der Waals surface area contributed by atoms with Crippen LogP contribution in [-0.2, 0) is 6.54 Å². The van der Waals surface area contributed by atoms with E-state index in [4.69, 9.17) is 4.99 Å². The molecule has 0 bridgehead atoms. The third-order valence-electron chi connectivity index (χ3n) is 5.93. The summed E-state index contributed by atoms with van der Waals surface area (Å²) < 4.78 is 0. The van der Waals surface area contributed by atoms with Crippen molar-refractivity contribution in [1.82, 2.24) is 25.4 Å². The zero-order valence-corrected chi connectivity index (χ0v) is 23.4. The van der Waals surface area contributed by atoms with Crippen LogP contribution < -0.4 is 15.5 Å². The van der Waals surface area contributed by atoms with E-state index < -0.39 is 0 Å². The summed E-state index contributed by atoms with van der Waals surface area (Å²) in [4.78, 5) is 16.8. The molecule has 2 heterocycles. The number of anilines is 1. The van der Waals surface area contributed by atoms with Crippen molar-refractivity contribution >= 4 is 35.8 Å². The summed E-state index contributed by atoms with van der Waals surface area (Å²) in [6.07, 6.45) is 3.02. The van der Waals surface area contributed by atoms with Crippen molar-refractivity contribution in [2.75, 3.05) is 57.3 Å². The number of guanidine groups is 1. The minimum atomic E-state index is 0. The van der Waals surface area contributed by atoms with Crippen LogP contribution in [0, 0.1) is 0 Å². The van der Waals surface area contributed by atoms with Gasteiger partial charge in [-0.25, -0.2) is 9.98 Å². The molecule has 1 aromatic heterocycles. The largest absolute Gasteiger partial charge is 0.357 e. The first-order chi connectivity index (χ1) is 14.9. The summed E-state index contributed by atoms with van der Waals surface area (Å²) in [6, 6.07) is 5.42. The topological polar surface area (TPSA) is 59.0 Å². The Bertz CT molecular complexity index is 650. The molecule has 0 unspecified atom stereocenters. The van der Waals surface area contributed by atoms with Gasteiger partial charge in [-0.15, -0.1) is 24.0 Å². The van der Waals surface area contributed by atoms with E-state index >= 15 is 0 Å². The molecule has 0 atom stereocenters. The SMILES string of the molecule is CCNC(=NCc1ccnc(N2CCN(CC)CC2)c1)NCCCN(C(C)C)C(C)C.I. The molecule has 0 amide bonds. The highest BCUT2D eigenvalue weighted by atomic mass is 127. The number of halogens is 1. The highest BCUT2D eigenvalue weighted by molar-refractivity contribution is 14.0. The molecule has 1 aliphatic rings. The lowest BCUT2D eigenvalue weighted by Gasteiger charge is -2.34. The van der Waals surface area contributed by atoms with Gasteiger partial charge in [-0.1, -0.05) is 6.92 Å². The van der Waals surface area contributed by atoms with E-state index in [0.29, 0.717) is 18.6 Å². The molecule has 1 fully saturated rings. The van der Waals surface area contributed by atoms with Crippen molar-refractivity contribution in [1.29, 1.82) is 0 Å². The Morgan fingerprint density at radius 2 is 1.78 bits per heavy atom. The number of aliphatic imine (C=N–C) groups is 1. The summed E-state index contributed by atoms with van der Waals surface area (Å²) in [5.41, 5.74) is 1.20. The minimum absolute atomic E-state index is 0. The van der Waals surface area contributed by atoms with Gasteiger partial charge in [0.15, 0.2) is 5.96 Å². The van der Waals surface area contributed by atoms with Gasteiger partial charge in [-0.05, 0) is 65.3 Å². The van der Waals surface area contributed by atoms with Crippen molar-refractivity contribution in [3.05, 3.63) is 23.9 Å². The van der Waals surface area contributed by atoms with E-state index in [9.17, 15) is 0 Å². The van der Waals surface area contributed by atoms with Crippen LogP contribution in [0.25, 0.3) is 0 Å². The zero-order chi connectivity index (χ0) is 22.6. The number of likely N-dealkylation sites (N-methyl/N-ethyl adjacent to an activating group) is 1. The van der Waals surface area contributed by atoms with Gasteiger partial charge < -0.3 is 20.4 Å². The lowest BCUT2D eigenvalue weighted by molar-refractivity contribution is 0.173. The average molecular weight is 560 g/mol. The van der Waals surface area contributed by atoms with E-state index in [-0.39, 0.29) is 24.0 Å². The summed E-state index contributed by atoms with van der Waals surface area (Å²) in [5.74, 6) is 1.96. The average Bonchev–Trinajstić information content (AvgIpc) is 2.77. The van der Waals surface area contributed by atoms with Gasteiger partial charge in [-0.2, -0.15) is 0 Å². The molecule has 184 valence electrons. The second kappa shape index (κ2) is 15.7. The smallest absolute Gasteiger partial charge is 0.191 e. The fourth-order valence-electron chi connectivity index (χ4n) is 4.12. The van der Waals surface area contributed by atoms with Gasteiger partial charge in [0.25, 0.3) is 0 Å².